The number of ether oxygens (including phenoxy) is 1. The number of rotatable bonds is 3. The molecule has 1 atom stereocenters. The molecule has 1 saturated heterocycles. The summed E-state index contributed by atoms with van der Waals surface area (Å²) in [6, 6.07) is 7.32. The molecule has 2 heterocycles. The standard InChI is InChI=1S/C27H30F3N3O4/c1-26(2,3)37-25(36)33-12-5-6-21(33)24(35)32-13-11-19-20(14-17(15-22(19)32)23(34)31-4)16-7-9-18(10-8-16)27(28,29)30/h7-10,14-15,21H,5-6,11-13H2,1-4H3,(H,31,34). The quantitative estimate of drug-likeness (QED) is 0.620. The van der Waals surface area contributed by atoms with E-state index >= 15 is 0 Å². The van der Waals surface area contributed by atoms with Crippen molar-refractivity contribution < 1.29 is 32.3 Å². The Morgan fingerprint density at radius 3 is 2.30 bits per heavy atom. The molecule has 3 amide bonds. The van der Waals surface area contributed by atoms with Crippen LogP contribution in [0, 0.1) is 0 Å². The molecule has 1 fully saturated rings. The highest BCUT2D eigenvalue weighted by molar-refractivity contribution is 6.04. The number of nitrogens with one attached hydrogen (secondary N) is 1. The predicted octanol–water partition coefficient (Wildman–Crippen LogP) is 5.02. The Bertz CT molecular complexity index is 1220. The van der Waals surface area contributed by atoms with Gasteiger partial charge in [0.05, 0.1) is 5.56 Å². The molecule has 4 rings (SSSR count). The van der Waals surface area contributed by atoms with Crippen molar-refractivity contribution in [2.75, 3.05) is 25.0 Å². The number of carbonyl (C=O) groups excluding carboxylic acids is 3. The summed E-state index contributed by atoms with van der Waals surface area (Å²) in [6.45, 7) is 6.02. The lowest BCUT2D eigenvalue weighted by Gasteiger charge is -2.30. The number of likely N-dealkylation sites (tertiary alicyclic amines) is 1. The molecule has 0 spiro atoms. The van der Waals surface area contributed by atoms with Crippen LogP contribution in [0.2, 0.25) is 0 Å². The van der Waals surface area contributed by atoms with E-state index in [-0.39, 0.29) is 17.4 Å². The number of fused-ring (bicyclic) bond motifs is 1. The van der Waals surface area contributed by atoms with Crippen molar-refractivity contribution in [2.24, 2.45) is 0 Å². The first-order chi connectivity index (χ1) is 17.3. The normalized spacial score (nSPS) is 17.5. The van der Waals surface area contributed by atoms with Gasteiger partial charge in [-0.3, -0.25) is 14.5 Å². The number of carbonyl (C=O) groups is 3. The average molecular weight is 518 g/mol. The number of hydrogen-bond acceptors (Lipinski definition) is 4. The minimum absolute atomic E-state index is 0.269. The van der Waals surface area contributed by atoms with Crippen LogP contribution < -0.4 is 10.2 Å². The molecular weight excluding hydrogens is 487 g/mol. The molecule has 7 nitrogen and oxygen atoms in total. The number of nitrogens with zero attached hydrogens (tertiary/aromatic N) is 2. The van der Waals surface area contributed by atoms with Gasteiger partial charge in [-0.25, -0.2) is 4.79 Å². The molecule has 0 bridgehead atoms. The Labute approximate surface area is 213 Å². The van der Waals surface area contributed by atoms with Gasteiger partial charge < -0.3 is 15.0 Å². The molecule has 2 aliphatic rings. The monoisotopic (exact) mass is 517 g/mol. The number of halogens is 3. The average Bonchev–Trinajstić information content (AvgIpc) is 3.48. The summed E-state index contributed by atoms with van der Waals surface area (Å²) >= 11 is 0. The van der Waals surface area contributed by atoms with Gasteiger partial charge >= 0.3 is 12.3 Å². The van der Waals surface area contributed by atoms with Crippen molar-refractivity contribution >= 4 is 23.6 Å². The first-order valence-corrected chi connectivity index (χ1v) is 12.2. The zero-order valence-electron chi connectivity index (χ0n) is 21.2. The molecule has 10 heteroatoms. The van der Waals surface area contributed by atoms with Crippen LogP contribution in [0.1, 0.15) is 55.1 Å². The van der Waals surface area contributed by atoms with Crippen LogP contribution in [-0.2, 0) is 22.1 Å². The lowest BCUT2D eigenvalue weighted by molar-refractivity contribution is -0.137. The third-order valence-electron chi connectivity index (χ3n) is 6.55. The largest absolute Gasteiger partial charge is 0.444 e. The van der Waals surface area contributed by atoms with Gasteiger partial charge in [0, 0.05) is 31.4 Å². The van der Waals surface area contributed by atoms with Gasteiger partial charge in [-0.1, -0.05) is 12.1 Å². The van der Waals surface area contributed by atoms with Crippen LogP contribution in [0.25, 0.3) is 11.1 Å². The fourth-order valence-electron chi connectivity index (χ4n) is 4.85. The second kappa shape index (κ2) is 9.72. The minimum atomic E-state index is -4.46. The number of benzene rings is 2. The summed E-state index contributed by atoms with van der Waals surface area (Å²) in [7, 11) is 1.48. The summed E-state index contributed by atoms with van der Waals surface area (Å²) in [6.07, 6.45) is -3.40. The van der Waals surface area contributed by atoms with E-state index in [1.54, 1.807) is 37.8 Å². The molecule has 0 radical (unpaired) electrons. The Hall–Kier alpha value is -3.56. The van der Waals surface area contributed by atoms with E-state index in [1.165, 1.54) is 24.1 Å². The predicted molar refractivity (Wildman–Crippen MR) is 132 cm³/mol. The highest BCUT2D eigenvalue weighted by Crippen LogP contribution is 2.40. The first kappa shape index (κ1) is 26.5. The second-order valence-electron chi connectivity index (χ2n) is 10.2. The summed E-state index contributed by atoms with van der Waals surface area (Å²) < 4.78 is 44.8. The SMILES string of the molecule is CNC(=O)c1cc(-c2ccc(C(F)(F)F)cc2)c2c(c1)N(C(=O)C1CCCN1C(=O)OC(C)(C)C)CC2. The van der Waals surface area contributed by atoms with E-state index < -0.39 is 29.5 Å². The summed E-state index contributed by atoms with van der Waals surface area (Å²) in [5, 5.41) is 2.56. The van der Waals surface area contributed by atoms with Crippen molar-refractivity contribution in [1.29, 1.82) is 0 Å². The molecule has 1 unspecified atom stereocenters. The van der Waals surface area contributed by atoms with Crippen LogP contribution in [0.4, 0.5) is 23.7 Å². The van der Waals surface area contributed by atoms with E-state index in [0.29, 0.717) is 49.2 Å². The van der Waals surface area contributed by atoms with Gasteiger partial charge in [0.25, 0.3) is 5.91 Å². The van der Waals surface area contributed by atoms with E-state index in [0.717, 1.165) is 17.7 Å². The summed E-state index contributed by atoms with van der Waals surface area (Å²) in [4.78, 5) is 42.0. The van der Waals surface area contributed by atoms with Crippen LogP contribution >= 0.6 is 0 Å². The van der Waals surface area contributed by atoms with Crippen molar-refractivity contribution in [1.82, 2.24) is 10.2 Å². The lowest BCUT2D eigenvalue weighted by Crippen LogP contribution is -2.48. The minimum Gasteiger partial charge on any atom is -0.444 e. The molecule has 2 aliphatic heterocycles. The molecule has 2 aromatic carbocycles. The van der Waals surface area contributed by atoms with Crippen LogP contribution in [0.15, 0.2) is 36.4 Å². The smallest absolute Gasteiger partial charge is 0.416 e. The van der Waals surface area contributed by atoms with E-state index in [1.807, 2.05) is 0 Å². The molecule has 0 saturated carbocycles. The number of amides is 3. The van der Waals surface area contributed by atoms with Gasteiger partial charge in [0.2, 0.25) is 5.91 Å². The molecule has 198 valence electrons. The van der Waals surface area contributed by atoms with E-state index in [4.69, 9.17) is 4.74 Å². The number of anilines is 1. The summed E-state index contributed by atoms with van der Waals surface area (Å²) in [5.41, 5.74) is 1.21. The highest BCUT2D eigenvalue weighted by Gasteiger charge is 2.41. The maximum atomic E-state index is 13.7. The Morgan fingerprint density at radius 2 is 1.70 bits per heavy atom. The maximum absolute atomic E-state index is 13.7. The van der Waals surface area contributed by atoms with Crippen LogP contribution in [-0.4, -0.2) is 54.6 Å². The second-order valence-corrected chi connectivity index (χ2v) is 10.2. The molecular formula is C27H30F3N3O4. The maximum Gasteiger partial charge on any atom is 0.416 e. The summed E-state index contributed by atoms with van der Waals surface area (Å²) in [5.74, 6) is -0.652. The Balaban J connectivity index is 1.71. The van der Waals surface area contributed by atoms with Crippen LogP contribution in [0.3, 0.4) is 0 Å². The Kier molecular flexibility index (Phi) is 6.96. The van der Waals surface area contributed by atoms with Crippen molar-refractivity contribution in [3.63, 3.8) is 0 Å². The van der Waals surface area contributed by atoms with Gasteiger partial charge in [-0.15, -0.1) is 0 Å². The molecule has 1 N–H and O–H groups in total. The highest BCUT2D eigenvalue weighted by atomic mass is 19.4. The zero-order valence-corrected chi connectivity index (χ0v) is 21.2. The molecule has 0 aromatic heterocycles. The third-order valence-corrected chi connectivity index (χ3v) is 6.55. The van der Waals surface area contributed by atoms with Crippen LogP contribution in [0.5, 0.6) is 0 Å². The fourth-order valence-corrected chi connectivity index (χ4v) is 4.85. The van der Waals surface area contributed by atoms with Gasteiger partial charge in [0.1, 0.15) is 11.6 Å². The van der Waals surface area contributed by atoms with Gasteiger partial charge in [0.15, 0.2) is 0 Å². The topological polar surface area (TPSA) is 79.0 Å². The number of alkyl halides is 3. The molecule has 37 heavy (non-hydrogen) atoms. The first-order valence-electron chi connectivity index (χ1n) is 12.2. The van der Waals surface area contributed by atoms with E-state index in [9.17, 15) is 27.6 Å². The molecule has 0 aliphatic carbocycles. The Morgan fingerprint density at radius 1 is 1.03 bits per heavy atom. The number of hydrogen-bond donors (Lipinski definition) is 1. The zero-order chi connectivity index (χ0) is 27.1. The van der Waals surface area contributed by atoms with Gasteiger partial charge in [-0.05, 0) is 81.0 Å². The van der Waals surface area contributed by atoms with Gasteiger partial charge in [-0.2, -0.15) is 13.2 Å². The van der Waals surface area contributed by atoms with Crippen molar-refractivity contribution in [2.45, 2.75) is 57.9 Å². The van der Waals surface area contributed by atoms with Crippen molar-refractivity contribution in [3.8, 4) is 11.1 Å². The molecule has 2 aromatic rings. The lowest BCUT2D eigenvalue weighted by atomic mass is 9.94. The third kappa shape index (κ3) is 5.42. The fraction of sp³-hybridized carbons (Fsp3) is 0.444. The van der Waals surface area contributed by atoms with E-state index in [2.05, 4.69) is 5.32 Å². The van der Waals surface area contributed by atoms with Crippen molar-refractivity contribution in [3.05, 3.63) is 53.1 Å².